The van der Waals surface area contributed by atoms with Crippen LogP contribution in [0.25, 0.3) is 0 Å². The van der Waals surface area contributed by atoms with Crippen molar-refractivity contribution in [3.05, 3.63) is 0 Å². The summed E-state index contributed by atoms with van der Waals surface area (Å²) in [6.07, 6.45) is 4.41. The Hall–Kier alpha value is -0.240. The van der Waals surface area contributed by atoms with Crippen LogP contribution >= 0.6 is 11.8 Å². The SMILES string of the molecule is CC(C)NC1(C#N)CCCC(SC2COC2)C1. The van der Waals surface area contributed by atoms with Crippen molar-refractivity contribution in [2.45, 2.75) is 61.6 Å². The average Bonchev–Trinajstić information content (AvgIpc) is 2.23. The van der Waals surface area contributed by atoms with Crippen LogP contribution in [0.1, 0.15) is 39.5 Å². The predicted octanol–water partition coefficient (Wildman–Crippen LogP) is 2.32. The van der Waals surface area contributed by atoms with Crippen LogP contribution in [0.2, 0.25) is 0 Å². The molecule has 17 heavy (non-hydrogen) atoms. The lowest BCUT2D eigenvalue weighted by Crippen LogP contribution is -2.51. The summed E-state index contributed by atoms with van der Waals surface area (Å²) in [5.74, 6) is 0. The third kappa shape index (κ3) is 3.37. The molecule has 1 saturated heterocycles. The van der Waals surface area contributed by atoms with Crippen molar-refractivity contribution in [1.82, 2.24) is 5.32 Å². The van der Waals surface area contributed by atoms with Crippen LogP contribution in [0, 0.1) is 11.3 Å². The molecule has 96 valence electrons. The van der Waals surface area contributed by atoms with Gasteiger partial charge in [-0.25, -0.2) is 0 Å². The van der Waals surface area contributed by atoms with E-state index in [2.05, 4.69) is 25.2 Å². The molecule has 0 radical (unpaired) electrons. The van der Waals surface area contributed by atoms with Crippen LogP contribution in [-0.4, -0.2) is 35.3 Å². The van der Waals surface area contributed by atoms with E-state index in [1.165, 1.54) is 12.8 Å². The molecule has 2 aliphatic rings. The number of nitriles is 1. The van der Waals surface area contributed by atoms with E-state index in [1.54, 1.807) is 0 Å². The maximum absolute atomic E-state index is 9.47. The van der Waals surface area contributed by atoms with Gasteiger partial charge in [-0.05, 0) is 39.5 Å². The topological polar surface area (TPSA) is 45.0 Å². The summed E-state index contributed by atoms with van der Waals surface area (Å²) in [5, 5.41) is 14.2. The Bertz CT molecular complexity index is 298. The van der Waals surface area contributed by atoms with Gasteiger partial charge in [-0.3, -0.25) is 5.32 Å². The lowest BCUT2D eigenvalue weighted by atomic mass is 9.82. The van der Waals surface area contributed by atoms with Gasteiger partial charge >= 0.3 is 0 Å². The van der Waals surface area contributed by atoms with E-state index >= 15 is 0 Å². The molecule has 2 unspecified atom stereocenters. The van der Waals surface area contributed by atoms with E-state index in [0.29, 0.717) is 16.5 Å². The van der Waals surface area contributed by atoms with Crippen molar-refractivity contribution in [2.24, 2.45) is 0 Å². The van der Waals surface area contributed by atoms with Crippen molar-refractivity contribution >= 4 is 11.8 Å². The zero-order valence-corrected chi connectivity index (χ0v) is 11.6. The fraction of sp³-hybridized carbons (Fsp3) is 0.923. The van der Waals surface area contributed by atoms with Crippen LogP contribution in [0.3, 0.4) is 0 Å². The van der Waals surface area contributed by atoms with Gasteiger partial charge in [0.2, 0.25) is 0 Å². The first-order valence-electron chi connectivity index (χ1n) is 6.56. The molecule has 2 fully saturated rings. The van der Waals surface area contributed by atoms with E-state index < -0.39 is 0 Å². The highest BCUT2D eigenvalue weighted by atomic mass is 32.2. The van der Waals surface area contributed by atoms with Crippen molar-refractivity contribution < 1.29 is 4.74 Å². The summed E-state index contributed by atoms with van der Waals surface area (Å²) in [6, 6.07) is 2.91. The fourth-order valence-corrected chi connectivity index (χ4v) is 4.30. The third-order valence-electron chi connectivity index (χ3n) is 3.48. The van der Waals surface area contributed by atoms with Gasteiger partial charge < -0.3 is 4.74 Å². The fourth-order valence-electron chi connectivity index (χ4n) is 2.72. The first-order chi connectivity index (χ1) is 8.13. The predicted molar refractivity (Wildman–Crippen MR) is 71.1 cm³/mol. The molecule has 2 rings (SSSR count). The molecule has 1 N–H and O–H groups in total. The Morgan fingerprint density at radius 1 is 1.41 bits per heavy atom. The molecule has 1 aliphatic carbocycles. The van der Waals surface area contributed by atoms with Gasteiger partial charge in [-0.1, -0.05) is 0 Å². The lowest BCUT2D eigenvalue weighted by Gasteiger charge is -2.39. The number of thioether (sulfide) groups is 1. The largest absolute Gasteiger partial charge is 0.379 e. The van der Waals surface area contributed by atoms with Gasteiger partial charge in [-0.2, -0.15) is 17.0 Å². The normalized spacial score (nSPS) is 34.4. The van der Waals surface area contributed by atoms with E-state index in [-0.39, 0.29) is 5.54 Å². The van der Waals surface area contributed by atoms with Gasteiger partial charge in [0, 0.05) is 11.3 Å². The van der Waals surface area contributed by atoms with E-state index in [4.69, 9.17) is 4.74 Å². The highest BCUT2D eigenvalue weighted by molar-refractivity contribution is 8.00. The zero-order valence-electron chi connectivity index (χ0n) is 10.7. The Morgan fingerprint density at radius 2 is 2.18 bits per heavy atom. The molecular formula is C13H22N2OS. The molecule has 0 bridgehead atoms. The second kappa shape index (κ2) is 5.60. The van der Waals surface area contributed by atoms with Crippen LogP contribution < -0.4 is 5.32 Å². The molecular weight excluding hydrogens is 232 g/mol. The minimum atomic E-state index is -0.283. The smallest absolute Gasteiger partial charge is 0.108 e. The minimum Gasteiger partial charge on any atom is -0.379 e. The molecule has 0 amide bonds. The Labute approximate surface area is 108 Å². The molecule has 0 aromatic heterocycles. The van der Waals surface area contributed by atoms with Gasteiger partial charge in [0.25, 0.3) is 0 Å². The number of ether oxygens (including phenoxy) is 1. The molecule has 3 nitrogen and oxygen atoms in total. The highest BCUT2D eigenvalue weighted by Gasteiger charge is 2.38. The van der Waals surface area contributed by atoms with Crippen molar-refractivity contribution in [3.63, 3.8) is 0 Å². The second-order valence-electron chi connectivity index (χ2n) is 5.51. The first-order valence-corrected chi connectivity index (χ1v) is 7.50. The van der Waals surface area contributed by atoms with Crippen LogP contribution in [0.4, 0.5) is 0 Å². The van der Waals surface area contributed by atoms with Gasteiger partial charge in [-0.15, -0.1) is 0 Å². The first kappa shape index (κ1) is 13.2. The second-order valence-corrected chi connectivity index (χ2v) is 7.11. The number of hydrogen-bond donors (Lipinski definition) is 1. The molecule has 1 saturated carbocycles. The molecule has 1 aliphatic heterocycles. The maximum Gasteiger partial charge on any atom is 0.108 e. The summed E-state index contributed by atoms with van der Waals surface area (Å²) in [7, 11) is 0. The van der Waals surface area contributed by atoms with E-state index in [1.807, 2.05) is 11.8 Å². The summed E-state index contributed by atoms with van der Waals surface area (Å²) >= 11 is 2.04. The highest BCUT2D eigenvalue weighted by Crippen LogP contribution is 2.38. The van der Waals surface area contributed by atoms with Crippen LogP contribution in [0.15, 0.2) is 0 Å². The van der Waals surface area contributed by atoms with E-state index in [9.17, 15) is 5.26 Å². The number of nitrogens with one attached hydrogen (secondary N) is 1. The standard InChI is InChI=1S/C13H22N2OS/c1-10(2)15-13(9-14)5-3-4-11(6-13)17-12-7-16-8-12/h10-12,15H,3-8H2,1-2H3. The molecule has 0 aromatic carbocycles. The Morgan fingerprint density at radius 3 is 2.71 bits per heavy atom. The van der Waals surface area contributed by atoms with Crippen LogP contribution in [0.5, 0.6) is 0 Å². The van der Waals surface area contributed by atoms with Crippen molar-refractivity contribution in [3.8, 4) is 6.07 Å². The van der Waals surface area contributed by atoms with Gasteiger partial charge in [0.1, 0.15) is 5.54 Å². The van der Waals surface area contributed by atoms with Gasteiger partial charge in [0.05, 0.1) is 24.5 Å². The van der Waals surface area contributed by atoms with Crippen molar-refractivity contribution in [1.29, 1.82) is 5.26 Å². The monoisotopic (exact) mass is 254 g/mol. The summed E-state index contributed by atoms with van der Waals surface area (Å²) < 4.78 is 5.22. The molecule has 4 heteroatoms. The Balaban J connectivity index is 1.91. The summed E-state index contributed by atoms with van der Waals surface area (Å²) in [5.41, 5.74) is -0.283. The van der Waals surface area contributed by atoms with Gasteiger partial charge in [0.15, 0.2) is 0 Å². The maximum atomic E-state index is 9.47. The number of rotatable bonds is 4. The summed E-state index contributed by atoms with van der Waals surface area (Å²) in [4.78, 5) is 0. The van der Waals surface area contributed by atoms with Crippen molar-refractivity contribution in [2.75, 3.05) is 13.2 Å². The molecule has 0 aromatic rings. The zero-order chi connectivity index (χ0) is 12.3. The quantitative estimate of drug-likeness (QED) is 0.836. The summed E-state index contributed by atoms with van der Waals surface area (Å²) in [6.45, 7) is 6.04. The number of nitrogens with zero attached hydrogens (tertiary/aromatic N) is 1. The molecule has 0 spiro atoms. The average molecular weight is 254 g/mol. The Kier molecular flexibility index (Phi) is 4.35. The van der Waals surface area contributed by atoms with E-state index in [0.717, 1.165) is 26.1 Å². The number of hydrogen-bond acceptors (Lipinski definition) is 4. The third-order valence-corrected chi connectivity index (χ3v) is 4.92. The minimum absolute atomic E-state index is 0.283. The van der Waals surface area contributed by atoms with Crippen LogP contribution in [-0.2, 0) is 4.74 Å². The molecule has 2 atom stereocenters. The molecule has 1 heterocycles. The lowest BCUT2D eigenvalue weighted by molar-refractivity contribution is 0.0451.